The summed E-state index contributed by atoms with van der Waals surface area (Å²) in [4.78, 5) is 4.30. The van der Waals surface area contributed by atoms with E-state index in [2.05, 4.69) is 24.1 Å². The molecule has 3 heteroatoms. The molecule has 3 nitrogen and oxygen atoms in total. The molecular formula is C12H20N2O. The molecule has 0 radical (unpaired) electrons. The number of aliphatic hydroxyl groups excluding tert-OH is 1. The summed E-state index contributed by atoms with van der Waals surface area (Å²) in [6.07, 6.45) is 3.66. The van der Waals surface area contributed by atoms with Crippen molar-refractivity contribution in [3.8, 4) is 0 Å². The Kier molecular flexibility index (Phi) is 5.29. The van der Waals surface area contributed by atoms with E-state index in [0.29, 0.717) is 6.04 Å². The van der Waals surface area contributed by atoms with E-state index in [-0.39, 0.29) is 12.6 Å². The predicted molar refractivity (Wildman–Crippen MR) is 61.6 cm³/mol. The Balaban J connectivity index is 2.38. The molecule has 1 heterocycles. The van der Waals surface area contributed by atoms with Crippen molar-refractivity contribution in [2.45, 2.75) is 38.8 Å². The highest BCUT2D eigenvalue weighted by Crippen LogP contribution is 2.10. The molecule has 0 unspecified atom stereocenters. The highest BCUT2D eigenvalue weighted by Gasteiger charge is 2.09. The van der Waals surface area contributed by atoms with Crippen LogP contribution in [0.3, 0.4) is 0 Å². The maximum atomic E-state index is 8.73. The van der Waals surface area contributed by atoms with Crippen LogP contribution in [0.5, 0.6) is 0 Å². The van der Waals surface area contributed by atoms with E-state index >= 15 is 0 Å². The van der Waals surface area contributed by atoms with E-state index in [4.69, 9.17) is 5.11 Å². The summed E-state index contributed by atoms with van der Waals surface area (Å²) in [5.74, 6) is 0. The number of nitrogens with one attached hydrogen (secondary N) is 1. The Bertz CT molecular complexity index is 264. The Morgan fingerprint density at radius 3 is 2.80 bits per heavy atom. The van der Waals surface area contributed by atoms with Crippen LogP contribution in [0.25, 0.3) is 0 Å². The molecule has 1 aromatic rings. The van der Waals surface area contributed by atoms with E-state index < -0.39 is 0 Å². The quantitative estimate of drug-likeness (QED) is 0.750. The van der Waals surface area contributed by atoms with Crippen molar-refractivity contribution in [3.05, 3.63) is 30.1 Å². The fraction of sp³-hybridized carbons (Fsp3) is 0.583. The zero-order valence-corrected chi connectivity index (χ0v) is 9.48. The Hall–Kier alpha value is -0.930. The first kappa shape index (κ1) is 12.1. The SMILES string of the molecule is C[C@H](CCCO)N[C@@H](C)c1ccccn1. The minimum Gasteiger partial charge on any atom is -0.396 e. The predicted octanol–water partition coefficient (Wildman–Crippen LogP) is 1.89. The molecule has 0 aliphatic heterocycles. The first-order valence-electron chi connectivity index (χ1n) is 5.52. The number of aromatic nitrogens is 1. The van der Waals surface area contributed by atoms with Gasteiger partial charge in [0.2, 0.25) is 0 Å². The standard InChI is InChI=1S/C12H20N2O/c1-10(6-5-9-15)14-11(2)12-7-3-4-8-13-12/h3-4,7-8,10-11,14-15H,5-6,9H2,1-2H3/t10-,11+/m1/s1. The van der Waals surface area contributed by atoms with E-state index in [1.54, 1.807) is 0 Å². The molecule has 2 atom stereocenters. The number of hydrogen-bond acceptors (Lipinski definition) is 3. The van der Waals surface area contributed by atoms with Crippen LogP contribution in [0, 0.1) is 0 Å². The van der Waals surface area contributed by atoms with Crippen LogP contribution in [0.1, 0.15) is 38.4 Å². The lowest BCUT2D eigenvalue weighted by atomic mass is 10.1. The summed E-state index contributed by atoms with van der Waals surface area (Å²) in [6, 6.07) is 6.62. The average Bonchev–Trinajstić information content (AvgIpc) is 2.27. The monoisotopic (exact) mass is 208 g/mol. The molecule has 1 aromatic heterocycles. The van der Waals surface area contributed by atoms with Crippen LogP contribution >= 0.6 is 0 Å². The zero-order chi connectivity index (χ0) is 11.1. The Morgan fingerprint density at radius 1 is 1.40 bits per heavy atom. The minimum absolute atomic E-state index is 0.264. The Morgan fingerprint density at radius 2 is 2.20 bits per heavy atom. The average molecular weight is 208 g/mol. The molecule has 0 fully saturated rings. The van der Waals surface area contributed by atoms with Gasteiger partial charge in [-0.2, -0.15) is 0 Å². The van der Waals surface area contributed by atoms with Crippen molar-refractivity contribution in [1.82, 2.24) is 10.3 Å². The summed E-state index contributed by atoms with van der Waals surface area (Å²) >= 11 is 0. The van der Waals surface area contributed by atoms with Crippen LogP contribution < -0.4 is 5.32 Å². The van der Waals surface area contributed by atoms with E-state index in [1.807, 2.05) is 24.4 Å². The second kappa shape index (κ2) is 6.53. The topological polar surface area (TPSA) is 45.1 Å². The summed E-state index contributed by atoms with van der Waals surface area (Å²) in [7, 11) is 0. The zero-order valence-electron chi connectivity index (χ0n) is 9.48. The lowest BCUT2D eigenvalue weighted by molar-refractivity contribution is 0.274. The van der Waals surface area contributed by atoms with Gasteiger partial charge in [-0.3, -0.25) is 4.98 Å². The van der Waals surface area contributed by atoms with Gasteiger partial charge in [-0.15, -0.1) is 0 Å². The van der Waals surface area contributed by atoms with Crippen LogP contribution in [-0.2, 0) is 0 Å². The number of hydrogen-bond donors (Lipinski definition) is 2. The van der Waals surface area contributed by atoms with Gasteiger partial charge in [-0.05, 0) is 38.8 Å². The summed E-state index contributed by atoms with van der Waals surface area (Å²) in [6.45, 7) is 4.51. The van der Waals surface area contributed by atoms with Gasteiger partial charge in [0.15, 0.2) is 0 Å². The molecule has 84 valence electrons. The lowest BCUT2D eigenvalue weighted by Crippen LogP contribution is -2.29. The molecule has 0 saturated carbocycles. The second-order valence-corrected chi connectivity index (χ2v) is 3.91. The van der Waals surface area contributed by atoms with Crippen LogP contribution in [0.15, 0.2) is 24.4 Å². The van der Waals surface area contributed by atoms with Crippen molar-refractivity contribution in [3.63, 3.8) is 0 Å². The minimum atomic E-state index is 0.264. The first-order valence-corrected chi connectivity index (χ1v) is 5.52. The largest absolute Gasteiger partial charge is 0.396 e. The van der Waals surface area contributed by atoms with Crippen LogP contribution in [0.4, 0.5) is 0 Å². The fourth-order valence-corrected chi connectivity index (χ4v) is 1.63. The van der Waals surface area contributed by atoms with Gasteiger partial charge in [0.25, 0.3) is 0 Å². The molecule has 0 saturated heterocycles. The number of pyridine rings is 1. The second-order valence-electron chi connectivity index (χ2n) is 3.91. The molecule has 0 amide bonds. The van der Waals surface area contributed by atoms with Gasteiger partial charge < -0.3 is 10.4 Å². The third-order valence-corrected chi connectivity index (χ3v) is 2.46. The van der Waals surface area contributed by atoms with Crippen molar-refractivity contribution in [2.24, 2.45) is 0 Å². The highest BCUT2D eigenvalue weighted by atomic mass is 16.2. The fourth-order valence-electron chi connectivity index (χ4n) is 1.63. The van der Waals surface area contributed by atoms with E-state index in [1.165, 1.54) is 0 Å². The molecule has 1 rings (SSSR count). The van der Waals surface area contributed by atoms with Gasteiger partial charge in [0.05, 0.1) is 5.69 Å². The third kappa shape index (κ3) is 4.40. The molecule has 2 N–H and O–H groups in total. The maximum Gasteiger partial charge on any atom is 0.0570 e. The summed E-state index contributed by atoms with van der Waals surface area (Å²) in [5, 5.41) is 12.2. The lowest BCUT2D eigenvalue weighted by Gasteiger charge is -2.19. The van der Waals surface area contributed by atoms with E-state index in [9.17, 15) is 0 Å². The molecule has 0 spiro atoms. The molecule has 0 aromatic carbocycles. The Labute approximate surface area is 91.5 Å². The maximum absolute atomic E-state index is 8.73. The third-order valence-electron chi connectivity index (χ3n) is 2.46. The van der Waals surface area contributed by atoms with Crippen molar-refractivity contribution < 1.29 is 5.11 Å². The molecule has 0 aliphatic carbocycles. The highest BCUT2D eigenvalue weighted by molar-refractivity contribution is 5.07. The number of aliphatic hydroxyl groups is 1. The molecule has 0 aliphatic rings. The number of nitrogens with zero attached hydrogens (tertiary/aromatic N) is 1. The van der Waals surface area contributed by atoms with Gasteiger partial charge in [0, 0.05) is 24.9 Å². The van der Waals surface area contributed by atoms with Crippen LogP contribution in [-0.4, -0.2) is 22.7 Å². The van der Waals surface area contributed by atoms with Crippen molar-refractivity contribution in [1.29, 1.82) is 0 Å². The van der Waals surface area contributed by atoms with Crippen molar-refractivity contribution >= 4 is 0 Å². The van der Waals surface area contributed by atoms with Gasteiger partial charge in [0.1, 0.15) is 0 Å². The van der Waals surface area contributed by atoms with Gasteiger partial charge in [-0.1, -0.05) is 6.07 Å². The normalized spacial score (nSPS) is 14.9. The van der Waals surface area contributed by atoms with Crippen molar-refractivity contribution in [2.75, 3.05) is 6.61 Å². The smallest absolute Gasteiger partial charge is 0.0570 e. The first-order chi connectivity index (χ1) is 7.24. The summed E-state index contributed by atoms with van der Waals surface area (Å²) < 4.78 is 0. The number of rotatable bonds is 6. The van der Waals surface area contributed by atoms with Gasteiger partial charge in [-0.25, -0.2) is 0 Å². The molecule has 15 heavy (non-hydrogen) atoms. The van der Waals surface area contributed by atoms with Gasteiger partial charge >= 0.3 is 0 Å². The van der Waals surface area contributed by atoms with E-state index in [0.717, 1.165) is 18.5 Å². The summed E-state index contributed by atoms with van der Waals surface area (Å²) in [5.41, 5.74) is 1.06. The molecule has 0 bridgehead atoms. The van der Waals surface area contributed by atoms with Crippen LogP contribution in [0.2, 0.25) is 0 Å². The molecular weight excluding hydrogens is 188 g/mol.